The van der Waals surface area contributed by atoms with E-state index in [0.29, 0.717) is 27.3 Å². The second kappa shape index (κ2) is 9.04. The standard InChI is InChI=1S/C25H15ClF3N3O2/c26-20-6-7-21-19(9-18(11-30)16-2-4-17(5-3-16)24(33)34)14-32(22(21)10-20)13-15-1-8-23(31-12-15)25(27,28)29/h1-10,12,14H,13H2,(H,33,34). The molecule has 4 rings (SSSR count). The molecule has 34 heavy (non-hydrogen) atoms. The molecule has 0 amide bonds. The summed E-state index contributed by atoms with van der Waals surface area (Å²) in [6.07, 6.45) is 0.120. The molecule has 0 aliphatic heterocycles. The minimum Gasteiger partial charge on any atom is -0.478 e. The van der Waals surface area contributed by atoms with Crippen LogP contribution in [-0.4, -0.2) is 20.6 Å². The number of halogens is 4. The fourth-order valence-corrected chi connectivity index (χ4v) is 3.72. The predicted molar refractivity (Wildman–Crippen MR) is 122 cm³/mol. The molecule has 0 atom stereocenters. The third kappa shape index (κ3) is 4.80. The Morgan fingerprint density at radius 2 is 1.82 bits per heavy atom. The van der Waals surface area contributed by atoms with Crippen LogP contribution in [0.4, 0.5) is 13.2 Å². The highest BCUT2D eigenvalue weighted by molar-refractivity contribution is 6.31. The zero-order valence-corrected chi connectivity index (χ0v) is 18.1. The molecule has 2 aromatic heterocycles. The number of pyridine rings is 1. The molecule has 0 unspecified atom stereocenters. The lowest BCUT2D eigenvalue weighted by Gasteiger charge is -2.08. The van der Waals surface area contributed by atoms with Gasteiger partial charge in [-0.05, 0) is 47.5 Å². The van der Waals surface area contributed by atoms with Gasteiger partial charge in [0.2, 0.25) is 0 Å². The number of hydrogen-bond acceptors (Lipinski definition) is 3. The summed E-state index contributed by atoms with van der Waals surface area (Å²) < 4.78 is 40.3. The SMILES string of the molecule is N#CC(=Cc1cn(Cc2ccc(C(F)(F)F)nc2)c2cc(Cl)ccc12)c1ccc(C(=O)O)cc1. The lowest BCUT2D eigenvalue weighted by atomic mass is 10.0. The summed E-state index contributed by atoms with van der Waals surface area (Å²) in [5.41, 5.74) is 2.01. The van der Waals surface area contributed by atoms with Gasteiger partial charge >= 0.3 is 12.1 Å². The Morgan fingerprint density at radius 3 is 2.41 bits per heavy atom. The Hall–Kier alpha value is -4.09. The first kappa shape index (κ1) is 23.1. The van der Waals surface area contributed by atoms with E-state index in [9.17, 15) is 23.2 Å². The number of benzene rings is 2. The summed E-state index contributed by atoms with van der Waals surface area (Å²) in [4.78, 5) is 14.6. The van der Waals surface area contributed by atoms with Crippen LogP contribution >= 0.6 is 11.6 Å². The maximum atomic E-state index is 12.8. The van der Waals surface area contributed by atoms with Gasteiger partial charge in [-0.25, -0.2) is 4.79 Å². The largest absolute Gasteiger partial charge is 0.478 e. The van der Waals surface area contributed by atoms with E-state index in [0.717, 1.165) is 17.0 Å². The average molecular weight is 482 g/mol. The summed E-state index contributed by atoms with van der Waals surface area (Å²) in [6, 6.07) is 15.6. The third-order valence-corrected chi connectivity index (χ3v) is 5.44. The highest BCUT2D eigenvalue weighted by Crippen LogP contribution is 2.30. The summed E-state index contributed by atoms with van der Waals surface area (Å²) in [5, 5.41) is 20.1. The quantitative estimate of drug-likeness (QED) is 0.329. The Bertz CT molecular complexity index is 1450. The Kier molecular flexibility index (Phi) is 6.14. The third-order valence-electron chi connectivity index (χ3n) is 5.21. The highest BCUT2D eigenvalue weighted by Gasteiger charge is 2.32. The first-order chi connectivity index (χ1) is 16.2. The molecule has 9 heteroatoms. The summed E-state index contributed by atoms with van der Waals surface area (Å²) in [7, 11) is 0. The van der Waals surface area contributed by atoms with Crippen molar-refractivity contribution in [3.05, 3.63) is 100.0 Å². The molecule has 4 aromatic rings. The van der Waals surface area contributed by atoms with Gasteiger partial charge in [-0.15, -0.1) is 0 Å². The van der Waals surface area contributed by atoms with Crippen molar-refractivity contribution >= 4 is 40.1 Å². The number of alkyl halides is 3. The van der Waals surface area contributed by atoms with Crippen LogP contribution in [0, 0.1) is 11.3 Å². The van der Waals surface area contributed by atoms with E-state index in [2.05, 4.69) is 11.1 Å². The maximum absolute atomic E-state index is 12.8. The maximum Gasteiger partial charge on any atom is 0.433 e. The summed E-state index contributed by atoms with van der Waals surface area (Å²) in [6.45, 7) is 0.241. The molecular weight excluding hydrogens is 467 g/mol. The average Bonchev–Trinajstić information content (AvgIpc) is 3.13. The van der Waals surface area contributed by atoms with Gasteiger partial charge in [0.05, 0.1) is 22.7 Å². The minimum absolute atomic E-state index is 0.109. The lowest BCUT2D eigenvalue weighted by Crippen LogP contribution is -2.08. The van der Waals surface area contributed by atoms with E-state index in [1.807, 2.05) is 4.57 Å². The molecule has 0 saturated carbocycles. The molecule has 170 valence electrons. The van der Waals surface area contributed by atoms with Gasteiger partial charge in [-0.2, -0.15) is 18.4 Å². The van der Waals surface area contributed by atoms with Crippen molar-refractivity contribution < 1.29 is 23.1 Å². The van der Waals surface area contributed by atoms with Crippen molar-refractivity contribution in [3.8, 4) is 6.07 Å². The molecule has 0 bridgehead atoms. The lowest BCUT2D eigenvalue weighted by molar-refractivity contribution is -0.141. The number of nitriles is 1. The van der Waals surface area contributed by atoms with Crippen molar-refractivity contribution in [2.45, 2.75) is 12.7 Å². The van der Waals surface area contributed by atoms with Gasteiger partial charge in [-0.1, -0.05) is 35.9 Å². The van der Waals surface area contributed by atoms with E-state index in [1.54, 1.807) is 42.6 Å². The number of carbonyl (C=O) groups is 1. The van der Waals surface area contributed by atoms with Crippen LogP contribution in [0.3, 0.4) is 0 Å². The number of carboxylic acids is 1. The molecule has 0 spiro atoms. The molecule has 0 aliphatic rings. The summed E-state index contributed by atoms with van der Waals surface area (Å²) >= 11 is 6.18. The van der Waals surface area contributed by atoms with Crippen molar-refractivity contribution in [2.75, 3.05) is 0 Å². The van der Waals surface area contributed by atoms with Gasteiger partial charge < -0.3 is 9.67 Å². The van der Waals surface area contributed by atoms with Crippen LogP contribution in [0.5, 0.6) is 0 Å². The van der Waals surface area contributed by atoms with Gasteiger partial charge in [0, 0.05) is 34.9 Å². The molecular formula is C25H15ClF3N3O2. The van der Waals surface area contributed by atoms with Crippen LogP contribution in [0.2, 0.25) is 5.02 Å². The predicted octanol–water partition coefficient (Wildman–Crippen LogP) is 6.52. The first-order valence-corrected chi connectivity index (χ1v) is 10.3. The smallest absolute Gasteiger partial charge is 0.433 e. The number of hydrogen-bond donors (Lipinski definition) is 1. The molecule has 1 N–H and O–H groups in total. The molecule has 0 saturated heterocycles. The molecule has 0 aliphatic carbocycles. The normalized spacial score (nSPS) is 12.0. The van der Waals surface area contributed by atoms with E-state index in [4.69, 9.17) is 16.7 Å². The van der Waals surface area contributed by atoms with Crippen molar-refractivity contribution in [2.24, 2.45) is 0 Å². The second-order valence-corrected chi connectivity index (χ2v) is 7.91. The number of nitrogens with zero attached hydrogens (tertiary/aromatic N) is 3. The number of allylic oxidation sites excluding steroid dienone is 1. The topological polar surface area (TPSA) is 78.9 Å². The molecule has 5 nitrogen and oxygen atoms in total. The van der Waals surface area contributed by atoms with Crippen molar-refractivity contribution in [1.82, 2.24) is 9.55 Å². The molecule has 2 heterocycles. The van der Waals surface area contributed by atoms with Gasteiger partial charge in [0.15, 0.2) is 0 Å². The van der Waals surface area contributed by atoms with E-state index in [1.165, 1.54) is 24.4 Å². The number of aromatic carboxylic acids is 1. The second-order valence-electron chi connectivity index (χ2n) is 7.48. The Morgan fingerprint density at radius 1 is 1.12 bits per heavy atom. The van der Waals surface area contributed by atoms with Crippen LogP contribution in [0.25, 0.3) is 22.6 Å². The Balaban J connectivity index is 1.74. The first-order valence-electron chi connectivity index (χ1n) is 9.92. The molecule has 0 fully saturated rings. The van der Waals surface area contributed by atoms with E-state index >= 15 is 0 Å². The zero-order chi connectivity index (χ0) is 24.5. The Labute approximate surface area is 197 Å². The van der Waals surface area contributed by atoms with E-state index in [-0.39, 0.29) is 12.1 Å². The number of fused-ring (bicyclic) bond motifs is 1. The molecule has 2 aromatic carbocycles. The number of rotatable bonds is 5. The van der Waals surface area contributed by atoms with Crippen molar-refractivity contribution in [1.29, 1.82) is 5.26 Å². The van der Waals surface area contributed by atoms with Crippen LogP contribution in [0.15, 0.2) is 67.0 Å². The van der Waals surface area contributed by atoms with Crippen LogP contribution < -0.4 is 0 Å². The van der Waals surface area contributed by atoms with Gasteiger partial charge in [0.25, 0.3) is 0 Å². The fourth-order valence-electron chi connectivity index (χ4n) is 3.55. The van der Waals surface area contributed by atoms with Crippen LogP contribution in [0.1, 0.15) is 32.7 Å². The fraction of sp³-hybridized carbons (Fsp3) is 0.0800. The monoisotopic (exact) mass is 481 g/mol. The highest BCUT2D eigenvalue weighted by atomic mass is 35.5. The van der Waals surface area contributed by atoms with Gasteiger partial charge in [0.1, 0.15) is 5.69 Å². The van der Waals surface area contributed by atoms with E-state index < -0.39 is 17.8 Å². The van der Waals surface area contributed by atoms with Crippen LogP contribution in [-0.2, 0) is 12.7 Å². The molecule has 0 radical (unpaired) electrons. The minimum atomic E-state index is -4.51. The number of carboxylic acid groups (broad SMARTS) is 1. The zero-order valence-electron chi connectivity index (χ0n) is 17.3. The summed E-state index contributed by atoms with van der Waals surface area (Å²) in [5.74, 6) is -1.06. The van der Waals surface area contributed by atoms with Gasteiger partial charge in [-0.3, -0.25) is 4.98 Å². The van der Waals surface area contributed by atoms with Crippen molar-refractivity contribution in [3.63, 3.8) is 0 Å². The number of aromatic nitrogens is 2.